The second kappa shape index (κ2) is 6.73. The molecule has 118 valence electrons. The average molecular weight is 282 g/mol. The Labute approximate surface area is 125 Å². The molecule has 1 aliphatic carbocycles. The van der Waals surface area contributed by atoms with E-state index < -0.39 is 0 Å². The summed E-state index contributed by atoms with van der Waals surface area (Å²) in [7, 11) is 4.30. The number of rotatable bonds is 4. The van der Waals surface area contributed by atoms with Crippen molar-refractivity contribution in [2.24, 2.45) is 11.1 Å². The molecule has 0 aromatic carbocycles. The summed E-state index contributed by atoms with van der Waals surface area (Å²) in [5.74, 6) is 0. The van der Waals surface area contributed by atoms with Crippen LogP contribution in [0.4, 0.5) is 0 Å². The maximum atomic E-state index is 6.40. The van der Waals surface area contributed by atoms with Crippen LogP contribution in [0.1, 0.15) is 33.1 Å². The third kappa shape index (κ3) is 4.42. The van der Waals surface area contributed by atoms with Gasteiger partial charge in [0.2, 0.25) is 0 Å². The first-order valence-electron chi connectivity index (χ1n) is 8.24. The van der Waals surface area contributed by atoms with Gasteiger partial charge in [0.05, 0.1) is 0 Å². The first-order chi connectivity index (χ1) is 9.37. The Balaban J connectivity index is 1.80. The minimum Gasteiger partial charge on any atom is -0.326 e. The van der Waals surface area contributed by atoms with Crippen molar-refractivity contribution in [3.8, 4) is 0 Å². The van der Waals surface area contributed by atoms with Crippen molar-refractivity contribution < 1.29 is 0 Å². The Bertz CT molecular complexity index is 295. The van der Waals surface area contributed by atoms with Crippen molar-refractivity contribution in [1.29, 1.82) is 0 Å². The van der Waals surface area contributed by atoms with Crippen molar-refractivity contribution >= 4 is 0 Å². The molecule has 1 heterocycles. The molecule has 0 radical (unpaired) electrons. The van der Waals surface area contributed by atoms with E-state index in [2.05, 4.69) is 42.6 Å². The molecule has 20 heavy (non-hydrogen) atoms. The van der Waals surface area contributed by atoms with Crippen LogP contribution in [0.3, 0.4) is 0 Å². The Kier molecular flexibility index (Phi) is 5.46. The molecule has 0 bridgehead atoms. The van der Waals surface area contributed by atoms with Crippen molar-refractivity contribution in [3.05, 3.63) is 0 Å². The second-order valence-electron chi connectivity index (χ2n) is 7.82. The smallest absolute Gasteiger partial charge is 0.0253 e. The van der Waals surface area contributed by atoms with Crippen LogP contribution in [0.5, 0.6) is 0 Å². The largest absolute Gasteiger partial charge is 0.326 e. The van der Waals surface area contributed by atoms with E-state index in [4.69, 9.17) is 5.73 Å². The first-order valence-corrected chi connectivity index (χ1v) is 8.24. The maximum absolute atomic E-state index is 6.40. The van der Waals surface area contributed by atoms with E-state index in [-0.39, 0.29) is 0 Å². The molecule has 2 aliphatic rings. The molecule has 2 unspecified atom stereocenters. The lowest BCUT2D eigenvalue weighted by molar-refractivity contribution is 0.0363. The lowest BCUT2D eigenvalue weighted by Gasteiger charge is -2.47. The van der Waals surface area contributed by atoms with Gasteiger partial charge in [0.15, 0.2) is 0 Å². The lowest BCUT2D eigenvalue weighted by Crippen LogP contribution is -2.58. The van der Waals surface area contributed by atoms with Crippen LogP contribution in [0.25, 0.3) is 0 Å². The molecular weight excluding hydrogens is 248 g/mol. The highest BCUT2D eigenvalue weighted by Gasteiger charge is 2.37. The third-order valence-corrected chi connectivity index (χ3v) is 5.15. The monoisotopic (exact) mass is 282 g/mol. The molecule has 0 aromatic rings. The molecule has 0 spiro atoms. The van der Waals surface area contributed by atoms with Gasteiger partial charge < -0.3 is 10.6 Å². The van der Waals surface area contributed by atoms with E-state index in [1.165, 1.54) is 52.0 Å². The van der Waals surface area contributed by atoms with Crippen LogP contribution in [0.15, 0.2) is 0 Å². The minimum atomic E-state index is 0.386. The van der Waals surface area contributed by atoms with E-state index in [0.29, 0.717) is 17.5 Å². The van der Waals surface area contributed by atoms with Crippen molar-refractivity contribution in [2.45, 2.75) is 45.2 Å². The summed E-state index contributed by atoms with van der Waals surface area (Å²) in [6.45, 7) is 12.0. The van der Waals surface area contributed by atoms with Crippen molar-refractivity contribution in [2.75, 3.05) is 53.4 Å². The zero-order chi connectivity index (χ0) is 14.8. The summed E-state index contributed by atoms with van der Waals surface area (Å²) in [6, 6.07) is 0.992. The standard InChI is InChI=1S/C16H34N4/c1-16(2)6-5-14(17)15(13-16)20-11-9-19(10-12-20)8-7-18(3)4/h14-15H,5-13,17H2,1-4H3. The van der Waals surface area contributed by atoms with E-state index in [0.717, 1.165) is 6.54 Å². The molecule has 4 heteroatoms. The van der Waals surface area contributed by atoms with Crippen LogP contribution >= 0.6 is 0 Å². The lowest BCUT2D eigenvalue weighted by atomic mass is 9.72. The number of hydrogen-bond donors (Lipinski definition) is 1. The predicted molar refractivity (Wildman–Crippen MR) is 86.0 cm³/mol. The van der Waals surface area contributed by atoms with E-state index in [1.54, 1.807) is 0 Å². The summed E-state index contributed by atoms with van der Waals surface area (Å²) in [6.07, 6.45) is 3.75. The highest BCUT2D eigenvalue weighted by Crippen LogP contribution is 2.37. The molecule has 1 saturated heterocycles. The highest BCUT2D eigenvalue weighted by atomic mass is 15.3. The highest BCUT2D eigenvalue weighted by molar-refractivity contribution is 4.94. The Morgan fingerprint density at radius 2 is 1.80 bits per heavy atom. The number of nitrogens with zero attached hydrogens (tertiary/aromatic N) is 3. The molecule has 4 nitrogen and oxygen atoms in total. The molecule has 2 atom stereocenters. The summed E-state index contributed by atoms with van der Waals surface area (Å²) in [5.41, 5.74) is 6.88. The topological polar surface area (TPSA) is 35.7 Å². The van der Waals surface area contributed by atoms with Gasteiger partial charge in [-0.1, -0.05) is 13.8 Å². The molecule has 1 saturated carbocycles. The van der Waals surface area contributed by atoms with Gasteiger partial charge in [-0.25, -0.2) is 0 Å². The Morgan fingerprint density at radius 3 is 2.40 bits per heavy atom. The summed E-state index contributed by atoms with van der Waals surface area (Å²) in [4.78, 5) is 7.53. The fourth-order valence-electron chi connectivity index (χ4n) is 3.63. The molecule has 2 fully saturated rings. The quantitative estimate of drug-likeness (QED) is 0.837. The number of piperazine rings is 1. The van der Waals surface area contributed by atoms with Gasteiger partial charge in [-0.3, -0.25) is 9.80 Å². The third-order valence-electron chi connectivity index (χ3n) is 5.15. The average Bonchev–Trinajstić information content (AvgIpc) is 2.40. The fraction of sp³-hybridized carbons (Fsp3) is 1.00. The first kappa shape index (κ1) is 16.2. The van der Waals surface area contributed by atoms with Gasteiger partial charge in [0, 0.05) is 51.4 Å². The molecule has 0 amide bonds. The van der Waals surface area contributed by atoms with Gasteiger partial charge >= 0.3 is 0 Å². The zero-order valence-corrected chi connectivity index (χ0v) is 13.9. The molecule has 2 N–H and O–H groups in total. The number of likely N-dealkylation sites (N-methyl/N-ethyl adjacent to an activating group) is 1. The van der Waals surface area contributed by atoms with Crippen LogP contribution in [0, 0.1) is 5.41 Å². The molecular formula is C16H34N4. The van der Waals surface area contributed by atoms with E-state index >= 15 is 0 Å². The SMILES string of the molecule is CN(C)CCN1CCN(C2CC(C)(C)CCC2N)CC1. The van der Waals surface area contributed by atoms with Gasteiger partial charge in [-0.2, -0.15) is 0 Å². The summed E-state index contributed by atoms with van der Waals surface area (Å²) >= 11 is 0. The molecule has 0 aromatic heterocycles. The van der Waals surface area contributed by atoms with E-state index in [9.17, 15) is 0 Å². The molecule has 1 aliphatic heterocycles. The maximum Gasteiger partial charge on any atom is 0.0253 e. The fourth-order valence-corrected chi connectivity index (χ4v) is 3.63. The Hall–Kier alpha value is -0.160. The summed E-state index contributed by atoms with van der Waals surface area (Å²) < 4.78 is 0. The van der Waals surface area contributed by atoms with Crippen LogP contribution in [0.2, 0.25) is 0 Å². The normalized spacial score (nSPS) is 32.7. The second-order valence-corrected chi connectivity index (χ2v) is 7.82. The van der Waals surface area contributed by atoms with Crippen LogP contribution in [-0.2, 0) is 0 Å². The summed E-state index contributed by atoms with van der Waals surface area (Å²) in [5, 5.41) is 0. The van der Waals surface area contributed by atoms with Gasteiger partial charge in [-0.15, -0.1) is 0 Å². The van der Waals surface area contributed by atoms with Gasteiger partial charge in [0.1, 0.15) is 0 Å². The van der Waals surface area contributed by atoms with Crippen molar-refractivity contribution in [3.63, 3.8) is 0 Å². The van der Waals surface area contributed by atoms with Crippen molar-refractivity contribution in [1.82, 2.24) is 14.7 Å². The predicted octanol–water partition coefficient (Wildman–Crippen LogP) is 1.07. The van der Waals surface area contributed by atoms with Gasteiger partial charge in [-0.05, 0) is 38.8 Å². The minimum absolute atomic E-state index is 0.386. The number of nitrogens with two attached hydrogens (primary N) is 1. The zero-order valence-electron chi connectivity index (χ0n) is 13.9. The number of hydrogen-bond acceptors (Lipinski definition) is 4. The molecule has 2 rings (SSSR count). The van der Waals surface area contributed by atoms with Gasteiger partial charge in [0.25, 0.3) is 0 Å². The Morgan fingerprint density at radius 1 is 1.15 bits per heavy atom. The van der Waals surface area contributed by atoms with E-state index in [1.807, 2.05) is 0 Å². The van der Waals surface area contributed by atoms with Crippen LogP contribution in [-0.4, -0.2) is 80.1 Å². The van der Waals surface area contributed by atoms with Crippen LogP contribution < -0.4 is 5.73 Å².